The maximum atomic E-state index is 12.2. The third-order valence-electron chi connectivity index (χ3n) is 2.96. The highest BCUT2D eigenvalue weighted by atomic mass is 35.5. The molecule has 0 aliphatic rings. The monoisotopic (exact) mass is 310 g/mol. The predicted octanol–water partition coefficient (Wildman–Crippen LogP) is 1.18. The third kappa shape index (κ3) is 2.29. The lowest BCUT2D eigenvalue weighted by Gasteiger charge is -2.14. The number of anilines is 1. The Morgan fingerprint density at radius 2 is 2.00 bits per heavy atom. The van der Waals surface area contributed by atoms with E-state index in [2.05, 4.69) is 5.18 Å². The molecular formula is C12H11ClN4O4. The van der Waals surface area contributed by atoms with Crippen molar-refractivity contribution in [3.63, 3.8) is 0 Å². The normalized spacial score (nSPS) is 10.4. The van der Waals surface area contributed by atoms with Crippen LogP contribution in [0, 0.1) is 4.91 Å². The van der Waals surface area contributed by atoms with Crippen LogP contribution in [0.2, 0.25) is 5.02 Å². The molecule has 9 heteroatoms. The van der Waals surface area contributed by atoms with Gasteiger partial charge in [0.2, 0.25) is 5.69 Å². The fourth-order valence-corrected chi connectivity index (χ4v) is 2.08. The van der Waals surface area contributed by atoms with Crippen LogP contribution in [0.3, 0.4) is 0 Å². The highest BCUT2D eigenvalue weighted by Crippen LogP contribution is 2.27. The van der Waals surface area contributed by atoms with Gasteiger partial charge in [0.1, 0.15) is 11.6 Å². The Kier molecular flexibility index (Phi) is 3.81. The maximum Gasteiger partial charge on any atom is 0.337 e. The van der Waals surface area contributed by atoms with Gasteiger partial charge >= 0.3 is 5.69 Å². The van der Waals surface area contributed by atoms with Crippen molar-refractivity contribution in [3.8, 4) is 11.4 Å². The Morgan fingerprint density at radius 3 is 2.52 bits per heavy atom. The van der Waals surface area contributed by atoms with E-state index >= 15 is 0 Å². The summed E-state index contributed by atoms with van der Waals surface area (Å²) in [6.45, 7) is 0. The number of nitrogens with zero attached hydrogens (tertiary/aromatic N) is 3. The van der Waals surface area contributed by atoms with E-state index in [0.717, 1.165) is 9.13 Å². The summed E-state index contributed by atoms with van der Waals surface area (Å²) >= 11 is 6.08. The second kappa shape index (κ2) is 5.41. The number of benzene rings is 1. The number of nitrogens with two attached hydrogens (primary N) is 1. The molecule has 2 rings (SSSR count). The van der Waals surface area contributed by atoms with Crippen LogP contribution in [0.25, 0.3) is 5.69 Å². The molecule has 0 amide bonds. The van der Waals surface area contributed by atoms with Crippen molar-refractivity contribution in [1.29, 1.82) is 0 Å². The minimum absolute atomic E-state index is 0.165. The summed E-state index contributed by atoms with van der Waals surface area (Å²) in [7, 11) is 2.68. The van der Waals surface area contributed by atoms with Crippen molar-refractivity contribution in [3.05, 3.63) is 49.0 Å². The van der Waals surface area contributed by atoms with E-state index in [1.807, 2.05) is 0 Å². The van der Waals surface area contributed by atoms with Gasteiger partial charge in [0, 0.05) is 13.1 Å². The lowest BCUT2D eigenvalue weighted by Crippen LogP contribution is -2.38. The van der Waals surface area contributed by atoms with Gasteiger partial charge in [-0.3, -0.25) is 9.36 Å². The molecule has 0 saturated heterocycles. The summed E-state index contributed by atoms with van der Waals surface area (Å²) in [6.07, 6.45) is 0. The molecule has 2 aromatic rings. The highest BCUT2D eigenvalue weighted by Gasteiger charge is 2.18. The summed E-state index contributed by atoms with van der Waals surface area (Å²) in [6, 6.07) is 4.52. The molecule has 0 bridgehead atoms. The number of rotatable bonds is 3. The first-order valence-electron chi connectivity index (χ1n) is 5.71. The van der Waals surface area contributed by atoms with Gasteiger partial charge in [0.25, 0.3) is 5.56 Å². The fraction of sp³-hybridized carbons (Fsp3) is 0.167. The van der Waals surface area contributed by atoms with Crippen LogP contribution in [-0.2, 0) is 7.05 Å². The highest BCUT2D eigenvalue weighted by molar-refractivity contribution is 6.32. The number of halogens is 1. The van der Waals surface area contributed by atoms with E-state index in [0.29, 0.717) is 5.75 Å². The van der Waals surface area contributed by atoms with Gasteiger partial charge in [-0.15, -0.1) is 4.91 Å². The summed E-state index contributed by atoms with van der Waals surface area (Å²) < 4.78 is 6.68. The van der Waals surface area contributed by atoms with Gasteiger partial charge in [0.05, 0.1) is 17.8 Å². The third-order valence-corrected chi connectivity index (χ3v) is 3.26. The number of nitrogen functional groups attached to an aromatic ring is 1. The van der Waals surface area contributed by atoms with Crippen molar-refractivity contribution in [2.24, 2.45) is 12.2 Å². The van der Waals surface area contributed by atoms with E-state index in [1.165, 1.54) is 26.3 Å². The van der Waals surface area contributed by atoms with E-state index in [4.69, 9.17) is 22.1 Å². The lowest BCUT2D eigenvalue weighted by atomic mass is 10.3. The zero-order chi connectivity index (χ0) is 15.7. The van der Waals surface area contributed by atoms with Crippen LogP contribution in [0.15, 0.2) is 33.0 Å². The minimum Gasteiger partial charge on any atom is -0.497 e. The van der Waals surface area contributed by atoms with Crippen LogP contribution in [0.4, 0.5) is 11.5 Å². The average Bonchev–Trinajstić information content (AvgIpc) is 2.47. The molecule has 0 fully saturated rings. The van der Waals surface area contributed by atoms with E-state index in [1.54, 1.807) is 6.07 Å². The van der Waals surface area contributed by atoms with Gasteiger partial charge in [-0.05, 0) is 17.3 Å². The van der Waals surface area contributed by atoms with Crippen molar-refractivity contribution in [2.75, 3.05) is 12.8 Å². The van der Waals surface area contributed by atoms with E-state index in [-0.39, 0.29) is 16.5 Å². The number of ether oxygens (including phenoxy) is 1. The Balaban J connectivity index is 2.88. The summed E-state index contributed by atoms with van der Waals surface area (Å²) in [4.78, 5) is 34.7. The van der Waals surface area contributed by atoms with Gasteiger partial charge < -0.3 is 10.5 Å². The molecule has 110 valence electrons. The van der Waals surface area contributed by atoms with Gasteiger partial charge in [-0.2, -0.15) is 0 Å². The molecule has 1 aromatic heterocycles. The number of hydrogen-bond donors (Lipinski definition) is 1. The zero-order valence-electron chi connectivity index (χ0n) is 11.2. The first kappa shape index (κ1) is 14.8. The molecule has 8 nitrogen and oxygen atoms in total. The van der Waals surface area contributed by atoms with Crippen LogP contribution >= 0.6 is 11.6 Å². The smallest absolute Gasteiger partial charge is 0.337 e. The van der Waals surface area contributed by atoms with Crippen LogP contribution in [-0.4, -0.2) is 16.2 Å². The van der Waals surface area contributed by atoms with Gasteiger partial charge in [0.15, 0.2) is 0 Å². The molecule has 0 saturated carbocycles. The predicted molar refractivity (Wildman–Crippen MR) is 78.7 cm³/mol. The number of nitroso groups, excluding NO2 is 1. The average molecular weight is 311 g/mol. The van der Waals surface area contributed by atoms with E-state index in [9.17, 15) is 14.5 Å². The van der Waals surface area contributed by atoms with Crippen molar-refractivity contribution >= 4 is 23.1 Å². The first-order chi connectivity index (χ1) is 9.92. The van der Waals surface area contributed by atoms with Gasteiger partial charge in [-0.1, -0.05) is 11.6 Å². The second-order valence-electron chi connectivity index (χ2n) is 4.12. The Labute approximate surface area is 123 Å². The lowest BCUT2D eigenvalue weighted by molar-refractivity contribution is 0.415. The largest absolute Gasteiger partial charge is 0.497 e. The summed E-state index contributed by atoms with van der Waals surface area (Å²) in [5.74, 6) is 0.110. The fourth-order valence-electron chi connectivity index (χ4n) is 1.83. The number of hydrogen-bond acceptors (Lipinski definition) is 6. The first-order valence-corrected chi connectivity index (χ1v) is 6.09. The van der Waals surface area contributed by atoms with Crippen LogP contribution < -0.4 is 21.7 Å². The minimum atomic E-state index is -0.867. The Hall–Kier alpha value is -2.61. The molecule has 0 spiro atoms. The molecule has 2 N–H and O–H groups in total. The number of aromatic nitrogens is 2. The Bertz CT molecular complexity index is 840. The summed E-state index contributed by atoms with van der Waals surface area (Å²) in [5, 5.41) is 2.75. The molecule has 0 unspecified atom stereocenters. The standard InChI is InChI=1S/C12H11ClN4O4/c1-16-11(18)9(15-20)10(14)17(12(16)19)8-4-3-6(21-2)5-7(8)13/h3-5H,14H2,1-2H3. The molecule has 0 aliphatic carbocycles. The molecule has 21 heavy (non-hydrogen) atoms. The molecular weight excluding hydrogens is 300 g/mol. The Morgan fingerprint density at radius 1 is 1.33 bits per heavy atom. The molecule has 1 aromatic carbocycles. The SMILES string of the molecule is COc1ccc(-n2c(N)c(N=O)c(=O)n(C)c2=O)c(Cl)c1. The maximum absolute atomic E-state index is 12.2. The van der Waals surface area contributed by atoms with Crippen LogP contribution in [0.1, 0.15) is 0 Å². The topological polar surface area (TPSA) is 109 Å². The summed E-state index contributed by atoms with van der Waals surface area (Å²) in [5.41, 5.74) is 3.75. The molecule has 1 heterocycles. The molecule has 0 radical (unpaired) electrons. The molecule has 0 aliphatic heterocycles. The van der Waals surface area contributed by atoms with Crippen molar-refractivity contribution in [2.45, 2.75) is 0 Å². The second-order valence-corrected chi connectivity index (χ2v) is 4.53. The number of methoxy groups -OCH3 is 1. The molecule has 0 atom stereocenters. The van der Waals surface area contributed by atoms with Crippen molar-refractivity contribution < 1.29 is 4.74 Å². The quantitative estimate of drug-likeness (QED) is 0.856. The van der Waals surface area contributed by atoms with Gasteiger partial charge in [-0.25, -0.2) is 9.36 Å². The van der Waals surface area contributed by atoms with Crippen molar-refractivity contribution in [1.82, 2.24) is 9.13 Å². The van der Waals surface area contributed by atoms with E-state index < -0.39 is 16.9 Å². The van der Waals surface area contributed by atoms with Crippen LogP contribution in [0.5, 0.6) is 5.75 Å². The zero-order valence-corrected chi connectivity index (χ0v) is 11.9.